The third kappa shape index (κ3) is 2.26. The van der Waals surface area contributed by atoms with E-state index in [1.165, 1.54) is 0 Å². The number of hydrogen-bond acceptors (Lipinski definition) is 6. The van der Waals surface area contributed by atoms with Crippen molar-refractivity contribution in [2.45, 2.75) is 13.5 Å². The molecule has 0 atom stereocenters. The van der Waals surface area contributed by atoms with Crippen LogP contribution >= 0.6 is 0 Å². The first-order valence-corrected chi connectivity index (χ1v) is 6.21. The van der Waals surface area contributed by atoms with E-state index in [9.17, 15) is 0 Å². The highest BCUT2D eigenvalue weighted by Gasteiger charge is 2.07. The summed E-state index contributed by atoms with van der Waals surface area (Å²) in [4.78, 5) is 12.8. The molecule has 0 unspecified atom stereocenters. The molecule has 0 saturated heterocycles. The number of nitrogens with two attached hydrogens (primary N) is 1. The van der Waals surface area contributed by atoms with Crippen molar-refractivity contribution in [2.75, 3.05) is 10.7 Å². The molecule has 0 spiro atoms. The van der Waals surface area contributed by atoms with Gasteiger partial charge in [0.2, 0.25) is 0 Å². The maximum Gasteiger partial charge on any atom is 0.180 e. The summed E-state index contributed by atoms with van der Waals surface area (Å²) in [5.41, 5.74) is 5.61. The van der Waals surface area contributed by atoms with Gasteiger partial charge in [0.15, 0.2) is 17.3 Å². The van der Waals surface area contributed by atoms with Crippen molar-refractivity contribution in [3.63, 3.8) is 0 Å². The molecule has 0 aliphatic rings. The quantitative estimate of drug-likeness (QED) is 0.489. The predicted octanol–water partition coefficient (Wildman–Crippen LogP) is 1.33. The van der Waals surface area contributed by atoms with E-state index in [1.807, 2.05) is 29.8 Å². The van der Waals surface area contributed by atoms with Crippen molar-refractivity contribution in [1.29, 1.82) is 0 Å². The number of hydrazine groups is 1. The van der Waals surface area contributed by atoms with E-state index in [0.717, 1.165) is 16.8 Å². The lowest BCUT2D eigenvalue weighted by atomic mass is 10.1. The minimum atomic E-state index is 0.574. The highest BCUT2D eigenvalue weighted by molar-refractivity contribution is 5.65. The van der Waals surface area contributed by atoms with Gasteiger partial charge < -0.3 is 15.1 Å². The second-order valence-electron chi connectivity index (χ2n) is 4.43. The summed E-state index contributed by atoms with van der Waals surface area (Å²) in [6, 6.07) is 1.98. The highest BCUT2D eigenvalue weighted by atomic mass is 15.3. The van der Waals surface area contributed by atoms with E-state index in [-0.39, 0.29) is 0 Å². The minimum Gasteiger partial charge on any atom is -0.363 e. The molecular weight excluding hydrogens is 254 g/mol. The Labute approximate surface area is 115 Å². The van der Waals surface area contributed by atoms with Crippen LogP contribution in [0.1, 0.15) is 11.1 Å². The van der Waals surface area contributed by atoms with Crippen LogP contribution in [0, 0.1) is 6.92 Å². The van der Waals surface area contributed by atoms with Gasteiger partial charge in [0, 0.05) is 31.3 Å². The summed E-state index contributed by atoms with van der Waals surface area (Å²) in [5.74, 6) is 6.68. The monoisotopic (exact) mass is 269 g/mol. The number of hydrogen-bond donors (Lipinski definition) is 3. The molecule has 3 rings (SSSR count). The average Bonchev–Trinajstić information content (AvgIpc) is 2.94. The van der Waals surface area contributed by atoms with Crippen LogP contribution in [0.15, 0.2) is 37.1 Å². The maximum absolute atomic E-state index is 5.43. The first kappa shape index (κ1) is 12.4. The molecule has 20 heavy (non-hydrogen) atoms. The Bertz CT molecular complexity index is 734. The summed E-state index contributed by atoms with van der Waals surface area (Å²) >= 11 is 0. The normalized spacial score (nSPS) is 10.7. The molecule has 102 valence electrons. The highest BCUT2D eigenvalue weighted by Crippen LogP contribution is 2.17. The number of rotatable bonds is 4. The number of nitrogens with zero attached hydrogens (tertiary/aromatic N) is 4. The lowest BCUT2D eigenvalue weighted by molar-refractivity contribution is 1.04. The number of anilines is 2. The molecule has 0 radical (unpaired) electrons. The fourth-order valence-corrected chi connectivity index (χ4v) is 2.00. The summed E-state index contributed by atoms with van der Waals surface area (Å²) in [5, 5.41) is 3.29. The molecular formula is C13H15N7. The lowest BCUT2D eigenvalue weighted by Gasteiger charge is -2.10. The lowest BCUT2D eigenvalue weighted by Crippen LogP contribution is -2.12. The smallest absolute Gasteiger partial charge is 0.180 e. The summed E-state index contributed by atoms with van der Waals surface area (Å²) in [6.07, 6.45) is 8.97. The third-order valence-electron chi connectivity index (χ3n) is 3.10. The van der Waals surface area contributed by atoms with Gasteiger partial charge in [0.1, 0.15) is 0 Å². The van der Waals surface area contributed by atoms with Gasteiger partial charge in [-0.25, -0.2) is 15.8 Å². The van der Waals surface area contributed by atoms with Crippen molar-refractivity contribution < 1.29 is 0 Å². The van der Waals surface area contributed by atoms with Crippen LogP contribution in [0.2, 0.25) is 0 Å². The van der Waals surface area contributed by atoms with Gasteiger partial charge in [-0.2, -0.15) is 0 Å². The summed E-state index contributed by atoms with van der Waals surface area (Å²) in [7, 11) is 0. The van der Waals surface area contributed by atoms with Gasteiger partial charge in [-0.1, -0.05) is 0 Å². The van der Waals surface area contributed by atoms with E-state index in [4.69, 9.17) is 5.84 Å². The van der Waals surface area contributed by atoms with Gasteiger partial charge in [-0.3, -0.25) is 4.98 Å². The second kappa shape index (κ2) is 5.14. The number of nitrogen functional groups attached to an aromatic ring is 1. The molecule has 0 amide bonds. The largest absolute Gasteiger partial charge is 0.363 e. The topological polar surface area (TPSA) is 93.2 Å². The number of nitrogens with one attached hydrogen (secondary N) is 2. The molecule has 0 aliphatic heterocycles. The Hall–Kier alpha value is -2.67. The molecule has 0 aliphatic carbocycles. The van der Waals surface area contributed by atoms with E-state index < -0.39 is 0 Å². The molecule has 0 saturated carbocycles. The number of aromatic nitrogens is 4. The van der Waals surface area contributed by atoms with Crippen molar-refractivity contribution in [3.8, 4) is 0 Å². The number of imidazole rings is 1. The zero-order valence-electron chi connectivity index (χ0n) is 11.0. The molecule has 0 aromatic carbocycles. The molecule has 7 heteroatoms. The third-order valence-corrected chi connectivity index (χ3v) is 3.10. The van der Waals surface area contributed by atoms with Gasteiger partial charge in [0.05, 0.1) is 6.20 Å². The van der Waals surface area contributed by atoms with Crippen LogP contribution in [-0.4, -0.2) is 19.4 Å². The van der Waals surface area contributed by atoms with E-state index in [2.05, 4.69) is 25.7 Å². The van der Waals surface area contributed by atoms with Gasteiger partial charge in [-0.05, 0) is 24.1 Å². The molecule has 4 N–H and O–H groups in total. The summed E-state index contributed by atoms with van der Waals surface area (Å²) in [6.45, 7) is 2.68. The molecule has 3 aromatic rings. The van der Waals surface area contributed by atoms with Crippen LogP contribution in [0.3, 0.4) is 0 Å². The van der Waals surface area contributed by atoms with Crippen molar-refractivity contribution in [3.05, 3.63) is 48.2 Å². The molecule has 7 nitrogen and oxygen atoms in total. The molecule has 0 fully saturated rings. The fraction of sp³-hybridized carbons (Fsp3) is 0.154. The Morgan fingerprint density at radius 2 is 2.25 bits per heavy atom. The van der Waals surface area contributed by atoms with Gasteiger partial charge in [0.25, 0.3) is 0 Å². The second-order valence-corrected chi connectivity index (χ2v) is 4.43. The van der Waals surface area contributed by atoms with E-state index in [1.54, 1.807) is 18.6 Å². The molecule has 0 bridgehead atoms. The predicted molar refractivity (Wildman–Crippen MR) is 77.1 cm³/mol. The molecule has 3 heterocycles. The van der Waals surface area contributed by atoms with Crippen LogP contribution in [0.5, 0.6) is 0 Å². The van der Waals surface area contributed by atoms with Crippen LogP contribution in [-0.2, 0) is 6.54 Å². The van der Waals surface area contributed by atoms with Crippen LogP contribution < -0.4 is 16.6 Å². The zero-order chi connectivity index (χ0) is 13.9. The van der Waals surface area contributed by atoms with Gasteiger partial charge in [-0.15, -0.1) is 0 Å². The fourth-order valence-electron chi connectivity index (χ4n) is 2.00. The average molecular weight is 269 g/mol. The Morgan fingerprint density at radius 3 is 3.05 bits per heavy atom. The SMILES string of the molecule is Cc1cnccc1CNc1nc(NN)cn2ccnc12. The van der Waals surface area contributed by atoms with Crippen LogP contribution in [0.4, 0.5) is 11.6 Å². The molecule has 3 aromatic heterocycles. The number of fused-ring (bicyclic) bond motifs is 1. The van der Waals surface area contributed by atoms with Gasteiger partial charge >= 0.3 is 0 Å². The van der Waals surface area contributed by atoms with Crippen molar-refractivity contribution in [1.82, 2.24) is 19.4 Å². The Balaban J connectivity index is 1.90. The first-order chi connectivity index (χ1) is 9.78. The van der Waals surface area contributed by atoms with Crippen molar-refractivity contribution in [2.24, 2.45) is 5.84 Å². The summed E-state index contributed by atoms with van der Waals surface area (Å²) < 4.78 is 1.87. The standard InChI is InChI=1S/C13H15N7/c1-9-6-15-3-2-10(9)7-17-12-13-16-4-5-20(13)8-11(18-12)19-14/h2-6,8,19H,7,14H2,1H3,(H,17,18). The van der Waals surface area contributed by atoms with E-state index >= 15 is 0 Å². The van der Waals surface area contributed by atoms with E-state index in [0.29, 0.717) is 18.2 Å². The maximum atomic E-state index is 5.43. The number of pyridine rings is 1. The zero-order valence-corrected chi connectivity index (χ0v) is 11.0. The van der Waals surface area contributed by atoms with Crippen molar-refractivity contribution >= 4 is 17.3 Å². The Morgan fingerprint density at radius 1 is 1.35 bits per heavy atom. The number of aryl methyl sites for hydroxylation is 1. The first-order valence-electron chi connectivity index (χ1n) is 6.21. The van der Waals surface area contributed by atoms with Crippen LogP contribution in [0.25, 0.3) is 5.65 Å². The Kier molecular flexibility index (Phi) is 3.18. The minimum absolute atomic E-state index is 0.574.